The molecule has 0 saturated carbocycles. The van der Waals surface area contributed by atoms with Crippen LogP contribution in [0.2, 0.25) is 0 Å². The Morgan fingerprint density at radius 2 is 2.29 bits per heavy atom. The van der Waals surface area contributed by atoms with E-state index in [1.807, 2.05) is 18.0 Å². The molecule has 1 aromatic heterocycles. The van der Waals surface area contributed by atoms with Crippen molar-refractivity contribution in [2.75, 3.05) is 7.05 Å². The van der Waals surface area contributed by atoms with Crippen LogP contribution in [0.25, 0.3) is 0 Å². The highest BCUT2D eigenvalue weighted by Crippen LogP contribution is 2.34. The van der Waals surface area contributed by atoms with Gasteiger partial charge in [-0.15, -0.1) is 11.3 Å². The van der Waals surface area contributed by atoms with Gasteiger partial charge in [0.05, 0.1) is 6.04 Å². The Kier molecular flexibility index (Phi) is 4.03. The fourth-order valence-corrected chi connectivity index (χ4v) is 3.60. The van der Waals surface area contributed by atoms with Crippen molar-refractivity contribution in [2.24, 2.45) is 5.73 Å². The highest BCUT2D eigenvalue weighted by atomic mass is 32.1. The van der Waals surface area contributed by atoms with Crippen molar-refractivity contribution in [3.05, 3.63) is 51.5 Å². The molecule has 110 valence electrons. The average molecular weight is 301 g/mol. The molecule has 1 aliphatic carbocycles. The third-order valence-corrected chi connectivity index (χ3v) is 4.94. The van der Waals surface area contributed by atoms with Crippen LogP contribution in [-0.2, 0) is 13.0 Å². The third-order valence-electron chi connectivity index (χ3n) is 4.07. The van der Waals surface area contributed by atoms with Crippen molar-refractivity contribution in [3.8, 4) is 0 Å². The highest BCUT2D eigenvalue weighted by molar-refractivity contribution is 7.09. The summed E-state index contributed by atoms with van der Waals surface area (Å²) in [4.78, 5) is 18.7. The third kappa shape index (κ3) is 2.71. The molecule has 0 saturated heterocycles. The first-order chi connectivity index (χ1) is 10.2. The highest BCUT2D eigenvalue weighted by Gasteiger charge is 2.28. The summed E-state index contributed by atoms with van der Waals surface area (Å²) in [6, 6.07) is 8.55. The number of thiazole rings is 1. The van der Waals surface area contributed by atoms with Gasteiger partial charge in [-0.05, 0) is 30.4 Å². The molecule has 2 aromatic rings. The molecule has 0 spiro atoms. The number of hydrogen-bond donors (Lipinski definition) is 1. The number of benzene rings is 1. The van der Waals surface area contributed by atoms with Crippen LogP contribution in [0, 0.1) is 0 Å². The molecule has 2 N–H and O–H groups in total. The summed E-state index contributed by atoms with van der Waals surface area (Å²) in [7, 11) is 1.87. The van der Waals surface area contributed by atoms with E-state index in [-0.39, 0.29) is 11.9 Å². The molecule has 0 aliphatic heterocycles. The van der Waals surface area contributed by atoms with Gasteiger partial charge in [0, 0.05) is 19.0 Å². The second-order valence-corrected chi connectivity index (χ2v) is 6.30. The maximum Gasteiger partial charge on any atom is 0.273 e. The maximum atomic E-state index is 12.6. The van der Waals surface area contributed by atoms with Gasteiger partial charge in [0.1, 0.15) is 10.7 Å². The second-order valence-electron chi connectivity index (χ2n) is 5.35. The van der Waals surface area contributed by atoms with Crippen molar-refractivity contribution in [1.82, 2.24) is 9.88 Å². The van der Waals surface area contributed by atoms with E-state index < -0.39 is 0 Å². The normalized spacial score (nSPS) is 17.3. The van der Waals surface area contributed by atoms with Crippen LogP contribution in [-0.4, -0.2) is 22.8 Å². The van der Waals surface area contributed by atoms with Crippen molar-refractivity contribution < 1.29 is 4.79 Å². The molecule has 1 amide bonds. The Morgan fingerprint density at radius 1 is 1.48 bits per heavy atom. The molecule has 21 heavy (non-hydrogen) atoms. The van der Waals surface area contributed by atoms with Crippen molar-refractivity contribution in [3.63, 3.8) is 0 Å². The predicted octanol–water partition coefficient (Wildman–Crippen LogP) is 2.75. The van der Waals surface area contributed by atoms with Crippen LogP contribution >= 0.6 is 11.3 Å². The van der Waals surface area contributed by atoms with E-state index in [9.17, 15) is 4.79 Å². The number of amides is 1. The number of carbonyl (C=O) groups excluding carboxylic acids is 1. The van der Waals surface area contributed by atoms with Crippen molar-refractivity contribution >= 4 is 17.2 Å². The largest absolute Gasteiger partial charge is 0.333 e. The molecule has 0 bridgehead atoms. The summed E-state index contributed by atoms with van der Waals surface area (Å²) in [5.74, 6) is -0.0207. The molecule has 3 rings (SSSR count). The molecular formula is C16H19N3OS. The van der Waals surface area contributed by atoms with E-state index in [4.69, 9.17) is 5.73 Å². The molecule has 5 heteroatoms. The Morgan fingerprint density at radius 3 is 3.05 bits per heavy atom. The van der Waals surface area contributed by atoms with Crippen molar-refractivity contribution in [2.45, 2.75) is 31.8 Å². The lowest BCUT2D eigenvalue weighted by molar-refractivity contribution is 0.0709. The first kappa shape index (κ1) is 14.2. The molecule has 0 fully saturated rings. The SMILES string of the molecule is CN(C(=O)c1csc(CN)n1)C1CCCc2ccccc21. The first-order valence-corrected chi connectivity index (χ1v) is 8.08. The van der Waals surface area contributed by atoms with E-state index in [1.165, 1.54) is 22.5 Å². The van der Waals surface area contributed by atoms with E-state index in [0.29, 0.717) is 12.2 Å². The number of hydrogen-bond acceptors (Lipinski definition) is 4. The lowest BCUT2D eigenvalue weighted by atomic mass is 9.87. The van der Waals surface area contributed by atoms with E-state index in [2.05, 4.69) is 23.2 Å². The number of nitrogens with zero attached hydrogens (tertiary/aromatic N) is 2. The fourth-order valence-electron chi connectivity index (χ4n) is 2.96. The number of aryl methyl sites for hydroxylation is 1. The van der Waals surface area contributed by atoms with Gasteiger partial charge in [0.2, 0.25) is 0 Å². The summed E-state index contributed by atoms with van der Waals surface area (Å²) in [5.41, 5.74) is 8.70. The van der Waals surface area contributed by atoms with Gasteiger partial charge in [-0.25, -0.2) is 4.98 Å². The Balaban J connectivity index is 1.85. The fraction of sp³-hybridized carbons (Fsp3) is 0.375. The minimum Gasteiger partial charge on any atom is -0.333 e. The summed E-state index contributed by atoms with van der Waals surface area (Å²) >= 11 is 1.44. The quantitative estimate of drug-likeness (QED) is 0.948. The second kappa shape index (κ2) is 5.95. The number of nitrogens with two attached hydrogens (primary N) is 1. The standard InChI is InChI=1S/C16H19N3OS/c1-19(16(20)13-10-21-15(9-17)18-13)14-8-4-6-11-5-2-3-7-12(11)14/h2-3,5,7,10,14H,4,6,8-9,17H2,1H3. The molecule has 1 unspecified atom stereocenters. The predicted molar refractivity (Wildman–Crippen MR) is 84.2 cm³/mol. The van der Waals surface area contributed by atoms with Gasteiger partial charge in [-0.1, -0.05) is 24.3 Å². The van der Waals surface area contributed by atoms with E-state index in [0.717, 1.165) is 24.3 Å². The van der Waals surface area contributed by atoms with Crippen LogP contribution < -0.4 is 5.73 Å². The Hall–Kier alpha value is -1.72. The molecule has 4 nitrogen and oxygen atoms in total. The Bertz CT molecular complexity index is 652. The van der Waals surface area contributed by atoms with Gasteiger partial charge in [0.25, 0.3) is 5.91 Å². The number of carbonyl (C=O) groups is 1. The zero-order valence-corrected chi connectivity index (χ0v) is 12.9. The smallest absolute Gasteiger partial charge is 0.273 e. The minimum absolute atomic E-state index is 0.0207. The topological polar surface area (TPSA) is 59.2 Å². The monoisotopic (exact) mass is 301 g/mol. The molecular weight excluding hydrogens is 282 g/mol. The Labute approximate surface area is 128 Å². The van der Waals surface area contributed by atoms with Crippen LogP contribution in [0.1, 0.15) is 45.5 Å². The zero-order chi connectivity index (χ0) is 14.8. The summed E-state index contributed by atoms with van der Waals surface area (Å²) in [5, 5.41) is 2.60. The lowest BCUT2D eigenvalue weighted by Gasteiger charge is -2.33. The van der Waals surface area contributed by atoms with Gasteiger partial charge in [-0.3, -0.25) is 4.79 Å². The molecule has 0 radical (unpaired) electrons. The molecule has 1 atom stereocenters. The van der Waals surface area contributed by atoms with Gasteiger partial charge in [0.15, 0.2) is 0 Å². The number of aromatic nitrogens is 1. The van der Waals surface area contributed by atoms with Crippen LogP contribution in [0.15, 0.2) is 29.6 Å². The lowest BCUT2D eigenvalue weighted by Crippen LogP contribution is -2.33. The molecule has 1 aliphatic rings. The first-order valence-electron chi connectivity index (χ1n) is 7.20. The molecule has 1 aromatic carbocycles. The van der Waals surface area contributed by atoms with E-state index >= 15 is 0 Å². The summed E-state index contributed by atoms with van der Waals surface area (Å²) < 4.78 is 0. The average Bonchev–Trinajstić information content (AvgIpc) is 3.02. The van der Waals surface area contributed by atoms with Gasteiger partial charge >= 0.3 is 0 Å². The van der Waals surface area contributed by atoms with E-state index in [1.54, 1.807) is 5.38 Å². The maximum absolute atomic E-state index is 12.6. The summed E-state index contributed by atoms with van der Waals surface area (Å²) in [6.07, 6.45) is 3.22. The van der Waals surface area contributed by atoms with Crippen LogP contribution in [0.5, 0.6) is 0 Å². The van der Waals surface area contributed by atoms with Crippen LogP contribution in [0.3, 0.4) is 0 Å². The number of fused-ring (bicyclic) bond motifs is 1. The van der Waals surface area contributed by atoms with Crippen molar-refractivity contribution in [1.29, 1.82) is 0 Å². The molecule has 1 heterocycles. The van der Waals surface area contributed by atoms with Gasteiger partial charge in [-0.2, -0.15) is 0 Å². The zero-order valence-electron chi connectivity index (χ0n) is 12.1. The minimum atomic E-state index is -0.0207. The van der Waals surface area contributed by atoms with Crippen LogP contribution in [0.4, 0.5) is 0 Å². The number of rotatable bonds is 3. The summed E-state index contributed by atoms with van der Waals surface area (Å²) in [6.45, 7) is 0.383. The van der Waals surface area contributed by atoms with Gasteiger partial charge < -0.3 is 10.6 Å².